The normalized spacial score (nSPS) is 14.2. The largest absolute Gasteiger partial charge is 0.378 e. The second-order valence-electron chi connectivity index (χ2n) is 5.99. The van der Waals surface area contributed by atoms with E-state index in [0.29, 0.717) is 10.6 Å². The Morgan fingerprint density at radius 1 is 1.08 bits per heavy atom. The molecule has 0 aliphatic carbocycles. The molecule has 6 heteroatoms. The van der Waals surface area contributed by atoms with Crippen molar-refractivity contribution in [2.24, 2.45) is 0 Å². The van der Waals surface area contributed by atoms with Gasteiger partial charge in [0.05, 0.1) is 30.0 Å². The summed E-state index contributed by atoms with van der Waals surface area (Å²) < 4.78 is 5.36. The fourth-order valence-electron chi connectivity index (χ4n) is 2.96. The van der Waals surface area contributed by atoms with Crippen LogP contribution >= 0.6 is 11.3 Å². The van der Waals surface area contributed by atoms with E-state index in [-0.39, 0.29) is 5.91 Å². The van der Waals surface area contributed by atoms with Crippen molar-refractivity contribution in [2.45, 2.75) is 0 Å². The highest BCUT2D eigenvalue weighted by Crippen LogP contribution is 2.29. The number of nitrogens with zero attached hydrogens (tertiary/aromatic N) is 2. The van der Waals surface area contributed by atoms with E-state index in [4.69, 9.17) is 4.74 Å². The molecule has 1 aliphatic rings. The number of thiophene rings is 1. The predicted molar refractivity (Wildman–Crippen MR) is 105 cm³/mol. The van der Waals surface area contributed by atoms with Gasteiger partial charge in [-0.25, -0.2) is 4.98 Å². The molecule has 1 N–H and O–H groups in total. The third kappa shape index (κ3) is 3.61. The van der Waals surface area contributed by atoms with Gasteiger partial charge >= 0.3 is 0 Å². The minimum absolute atomic E-state index is 0.111. The Morgan fingerprint density at radius 3 is 2.62 bits per heavy atom. The van der Waals surface area contributed by atoms with Gasteiger partial charge in [-0.3, -0.25) is 4.79 Å². The highest BCUT2D eigenvalue weighted by molar-refractivity contribution is 7.12. The van der Waals surface area contributed by atoms with Crippen LogP contribution in [0.5, 0.6) is 0 Å². The third-order valence-corrected chi connectivity index (χ3v) is 5.21. The molecule has 0 unspecified atom stereocenters. The van der Waals surface area contributed by atoms with Crippen LogP contribution in [-0.2, 0) is 4.74 Å². The van der Waals surface area contributed by atoms with Gasteiger partial charge in [0.1, 0.15) is 5.82 Å². The molecule has 5 nitrogen and oxygen atoms in total. The number of hydrogen-bond donors (Lipinski definition) is 1. The summed E-state index contributed by atoms with van der Waals surface area (Å²) in [6, 6.07) is 15.8. The van der Waals surface area contributed by atoms with Crippen LogP contribution in [0.4, 0.5) is 11.5 Å². The van der Waals surface area contributed by atoms with Crippen LogP contribution in [0, 0.1) is 0 Å². The van der Waals surface area contributed by atoms with Crippen LogP contribution < -0.4 is 10.2 Å². The van der Waals surface area contributed by atoms with Crippen molar-refractivity contribution in [3.8, 4) is 11.1 Å². The van der Waals surface area contributed by atoms with Crippen LogP contribution in [0.3, 0.4) is 0 Å². The zero-order valence-electron chi connectivity index (χ0n) is 14.2. The Bertz CT molecular complexity index is 872. The Balaban J connectivity index is 1.48. The number of nitrogens with one attached hydrogen (secondary N) is 1. The van der Waals surface area contributed by atoms with Crippen LogP contribution in [0.15, 0.2) is 60.1 Å². The van der Waals surface area contributed by atoms with E-state index in [2.05, 4.69) is 15.2 Å². The fraction of sp³-hybridized carbons (Fsp3) is 0.200. The lowest BCUT2D eigenvalue weighted by atomic mass is 10.1. The van der Waals surface area contributed by atoms with Crippen LogP contribution in [0.25, 0.3) is 11.1 Å². The van der Waals surface area contributed by atoms with E-state index in [1.165, 1.54) is 11.3 Å². The van der Waals surface area contributed by atoms with Gasteiger partial charge in [-0.05, 0) is 29.1 Å². The molecule has 0 saturated carbocycles. The Labute approximate surface area is 156 Å². The van der Waals surface area contributed by atoms with Crippen molar-refractivity contribution < 1.29 is 9.53 Å². The van der Waals surface area contributed by atoms with Gasteiger partial charge in [-0.15, -0.1) is 11.3 Å². The van der Waals surface area contributed by atoms with E-state index in [0.717, 1.165) is 43.2 Å². The average Bonchev–Trinajstić information content (AvgIpc) is 3.20. The second kappa shape index (κ2) is 7.68. The number of pyridine rings is 1. The molecule has 1 aliphatic heterocycles. The molecule has 1 fully saturated rings. The minimum atomic E-state index is -0.111. The van der Waals surface area contributed by atoms with Crippen molar-refractivity contribution in [1.29, 1.82) is 0 Å². The lowest BCUT2D eigenvalue weighted by Crippen LogP contribution is -2.36. The van der Waals surface area contributed by atoms with E-state index in [1.807, 2.05) is 53.9 Å². The highest BCUT2D eigenvalue weighted by atomic mass is 32.1. The molecule has 132 valence electrons. The fourth-order valence-corrected chi connectivity index (χ4v) is 3.77. The number of ether oxygens (including phenoxy) is 1. The van der Waals surface area contributed by atoms with Gasteiger partial charge in [-0.1, -0.05) is 30.3 Å². The van der Waals surface area contributed by atoms with Gasteiger partial charge in [0.2, 0.25) is 0 Å². The molecular weight excluding hydrogens is 346 g/mol. The van der Waals surface area contributed by atoms with Gasteiger partial charge in [0.15, 0.2) is 0 Å². The van der Waals surface area contributed by atoms with Crippen LogP contribution in [0.1, 0.15) is 9.67 Å². The van der Waals surface area contributed by atoms with Gasteiger partial charge in [0.25, 0.3) is 5.91 Å². The molecule has 1 saturated heterocycles. The summed E-state index contributed by atoms with van der Waals surface area (Å²) in [7, 11) is 0. The number of anilines is 2. The van der Waals surface area contributed by atoms with E-state index >= 15 is 0 Å². The third-order valence-electron chi connectivity index (χ3n) is 4.30. The number of hydrogen-bond acceptors (Lipinski definition) is 5. The zero-order chi connectivity index (χ0) is 17.8. The van der Waals surface area contributed by atoms with Crippen molar-refractivity contribution in [2.75, 3.05) is 36.5 Å². The first kappa shape index (κ1) is 16.8. The molecule has 2 aromatic heterocycles. The number of benzene rings is 1. The summed E-state index contributed by atoms with van der Waals surface area (Å²) in [5.41, 5.74) is 2.69. The average molecular weight is 365 g/mol. The van der Waals surface area contributed by atoms with Crippen molar-refractivity contribution in [3.63, 3.8) is 0 Å². The quantitative estimate of drug-likeness (QED) is 0.762. The van der Waals surface area contributed by atoms with E-state index in [9.17, 15) is 4.79 Å². The van der Waals surface area contributed by atoms with Crippen LogP contribution in [-0.4, -0.2) is 37.2 Å². The first-order chi connectivity index (χ1) is 12.8. The molecular formula is C20H19N3O2S. The molecule has 0 radical (unpaired) electrons. The number of rotatable bonds is 4. The molecule has 0 bridgehead atoms. The summed E-state index contributed by atoms with van der Waals surface area (Å²) >= 11 is 1.44. The summed E-state index contributed by atoms with van der Waals surface area (Å²) in [6.07, 6.45) is 1.71. The van der Waals surface area contributed by atoms with E-state index in [1.54, 1.807) is 6.20 Å². The van der Waals surface area contributed by atoms with Crippen molar-refractivity contribution in [3.05, 3.63) is 65.0 Å². The number of amides is 1. The van der Waals surface area contributed by atoms with E-state index < -0.39 is 0 Å². The Morgan fingerprint density at radius 2 is 1.88 bits per heavy atom. The smallest absolute Gasteiger partial charge is 0.266 e. The number of carbonyl (C=O) groups is 1. The predicted octanol–water partition coefficient (Wildman–Crippen LogP) is 3.90. The summed E-state index contributed by atoms with van der Waals surface area (Å²) in [6.45, 7) is 3.13. The number of carbonyl (C=O) groups excluding carboxylic acids is 1. The Hall–Kier alpha value is -2.70. The van der Waals surface area contributed by atoms with Gasteiger partial charge < -0.3 is 15.0 Å². The monoisotopic (exact) mass is 365 g/mol. The minimum Gasteiger partial charge on any atom is -0.378 e. The van der Waals surface area contributed by atoms with Gasteiger partial charge in [0, 0.05) is 18.7 Å². The summed E-state index contributed by atoms with van der Waals surface area (Å²) in [4.78, 5) is 20.1. The van der Waals surface area contributed by atoms with Crippen molar-refractivity contribution in [1.82, 2.24) is 4.98 Å². The molecule has 3 heterocycles. The molecule has 1 aromatic carbocycles. The molecule has 0 atom stereocenters. The zero-order valence-corrected chi connectivity index (χ0v) is 15.0. The summed E-state index contributed by atoms with van der Waals surface area (Å²) in [5.74, 6) is 0.798. The topological polar surface area (TPSA) is 54.5 Å². The standard InChI is InChI=1S/C20H19N3O2S/c24-20(19-17(8-13-26-19)15-4-2-1-3-5-15)22-16-6-7-18(21-14-16)23-9-11-25-12-10-23/h1-8,13-14H,9-12H2,(H,22,24). The maximum Gasteiger partial charge on any atom is 0.266 e. The number of morpholine rings is 1. The van der Waals surface area contributed by atoms with Gasteiger partial charge in [-0.2, -0.15) is 0 Å². The molecule has 3 aromatic rings. The SMILES string of the molecule is O=C(Nc1ccc(N2CCOCC2)nc1)c1sccc1-c1ccccc1. The molecule has 26 heavy (non-hydrogen) atoms. The van der Waals surface area contributed by atoms with Crippen molar-refractivity contribution >= 4 is 28.7 Å². The molecule has 4 rings (SSSR count). The first-order valence-electron chi connectivity index (χ1n) is 8.54. The molecule has 1 amide bonds. The Kier molecular flexibility index (Phi) is 4.95. The lowest BCUT2D eigenvalue weighted by Gasteiger charge is -2.27. The highest BCUT2D eigenvalue weighted by Gasteiger charge is 2.16. The summed E-state index contributed by atoms with van der Waals surface area (Å²) in [5, 5.41) is 4.89. The maximum absolute atomic E-state index is 12.7. The first-order valence-corrected chi connectivity index (χ1v) is 9.42. The lowest BCUT2D eigenvalue weighted by molar-refractivity contribution is 0.103. The molecule has 0 spiro atoms. The number of aromatic nitrogens is 1. The second-order valence-corrected chi connectivity index (χ2v) is 6.90. The maximum atomic E-state index is 12.7. The van der Waals surface area contributed by atoms with Crippen LogP contribution in [0.2, 0.25) is 0 Å².